The molecule has 5 nitrogen and oxygen atoms in total. The maximum absolute atomic E-state index is 6.04. The molecule has 3 heterocycles. The third kappa shape index (κ3) is 4.29. The van der Waals surface area contributed by atoms with Crippen LogP contribution < -0.4 is 15.0 Å². The summed E-state index contributed by atoms with van der Waals surface area (Å²) in [5.41, 5.74) is 4.37. The number of ether oxygens (including phenoxy) is 1. The first-order valence-corrected chi connectivity index (χ1v) is 11.9. The maximum Gasteiger partial charge on any atom is 0.174 e. The fraction of sp³-hybridized carbons (Fsp3) is 0.214. The Balaban J connectivity index is 1.50. The summed E-state index contributed by atoms with van der Waals surface area (Å²) in [4.78, 5) is 6.84. The van der Waals surface area contributed by atoms with Crippen LogP contribution >= 0.6 is 12.2 Å². The van der Waals surface area contributed by atoms with E-state index < -0.39 is 0 Å². The molecule has 1 N–H and O–H groups in total. The molecule has 2 atom stereocenters. The molecule has 1 fully saturated rings. The zero-order valence-corrected chi connectivity index (χ0v) is 20.4. The Kier molecular flexibility index (Phi) is 6.07. The smallest absolute Gasteiger partial charge is 0.174 e. The molecule has 4 aromatic rings. The standard InChI is InChI=1S/C28H28N4OS/c1-19(2)31-18-6-8-25(31)27-26(24-7-4-5-17-29-24)30-28(34)32(27)21-11-15-23(16-12-21)33-22-13-9-20(3)10-14-22/h4-19,26-27H,1-3H3,(H,30,34)/t26-,27-/m1/s1. The molecule has 1 saturated heterocycles. The minimum Gasteiger partial charge on any atom is -0.457 e. The molecule has 0 radical (unpaired) electrons. The molecule has 34 heavy (non-hydrogen) atoms. The first kappa shape index (κ1) is 22.2. The lowest BCUT2D eigenvalue weighted by Gasteiger charge is -2.30. The van der Waals surface area contributed by atoms with E-state index >= 15 is 0 Å². The fourth-order valence-electron chi connectivity index (χ4n) is 4.48. The molecule has 0 unspecified atom stereocenters. The van der Waals surface area contributed by atoms with E-state index in [9.17, 15) is 0 Å². The van der Waals surface area contributed by atoms with Crippen LogP contribution in [0.4, 0.5) is 5.69 Å². The van der Waals surface area contributed by atoms with E-state index in [0.717, 1.165) is 22.9 Å². The molecule has 1 aliphatic heterocycles. The summed E-state index contributed by atoms with van der Waals surface area (Å²) in [7, 11) is 0. The van der Waals surface area contributed by atoms with Gasteiger partial charge in [-0.05, 0) is 93.7 Å². The van der Waals surface area contributed by atoms with Crippen LogP contribution in [0.2, 0.25) is 0 Å². The van der Waals surface area contributed by atoms with Gasteiger partial charge in [0.2, 0.25) is 0 Å². The second-order valence-electron chi connectivity index (χ2n) is 8.84. The summed E-state index contributed by atoms with van der Waals surface area (Å²) in [5, 5.41) is 4.22. The van der Waals surface area contributed by atoms with Gasteiger partial charge >= 0.3 is 0 Å². The number of thiocarbonyl (C=S) groups is 1. The van der Waals surface area contributed by atoms with E-state index in [1.807, 2.05) is 54.7 Å². The first-order valence-electron chi connectivity index (χ1n) is 11.5. The highest BCUT2D eigenvalue weighted by molar-refractivity contribution is 7.80. The molecule has 5 rings (SSSR count). The summed E-state index contributed by atoms with van der Waals surface area (Å²) in [6.07, 6.45) is 3.96. The summed E-state index contributed by atoms with van der Waals surface area (Å²) in [5.74, 6) is 1.61. The quantitative estimate of drug-likeness (QED) is 0.317. The van der Waals surface area contributed by atoms with Crippen LogP contribution in [0.5, 0.6) is 11.5 Å². The minimum absolute atomic E-state index is 0.0383. The van der Waals surface area contributed by atoms with Crippen molar-refractivity contribution in [3.05, 3.63) is 108 Å². The van der Waals surface area contributed by atoms with Crippen LogP contribution in [0.15, 0.2) is 91.3 Å². The van der Waals surface area contributed by atoms with Crippen molar-refractivity contribution in [2.24, 2.45) is 0 Å². The van der Waals surface area contributed by atoms with Crippen molar-refractivity contribution in [3.63, 3.8) is 0 Å². The average Bonchev–Trinajstić information content (AvgIpc) is 3.46. The Morgan fingerprint density at radius 2 is 1.62 bits per heavy atom. The highest BCUT2D eigenvalue weighted by Crippen LogP contribution is 2.42. The number of nitrogens with one attached hydrogen (secondary N) is 1. The number of rotatable bonds is 6. The summed E-state index contributed by atoms with van der Waals surface area (Å²) in [6.45, 7) is 6.46. The highest BCUT2D eigenvalue weighted by Gasteiger charge is 2.42. The van der Waals surface area contributed by atoms with Crippen molar-refractivity contribution in [1.29, 1.82) is 0 Å². The number of hydrogen-bond donors (Lipinski definition) is 1. The Morgan fingerprint density at radius 3 is 2.26 bits per heavy atom. The number of aromatic nitrogens is 2. The normalized spacial score (nSPS) is 17.8. The Morgan fingerprint density at radius 1 is 0.912 bits per heavy atom. The Labute approximate surface area is 206 Å². The molecule has 0 saturated carbocycles. The topological polar surface area (TPSA) is 42.3 Å². The van der Waals surface area contributed by atoms with Gasteiger partial charge in [0.25, 0.3) is 0 Å². The van der Waals surface area contributed by atoms with Gasteiger partial charge in [-0.1, -0.05) is 23.8 Å². The van der Waals surface area contributed by atoms with E-state index in [1.165, 1.54) is 11.3 Å². The lowest BCUT2D eigenvalue weighted by atomic mass is 10.0. The predicted octanol–water partition coefficient (Wildman–Crippen LogP) is 6.74. The lowest BCUT2D eigenvalue weighted by Crippen LogP contribution is -2.30. The lowest BCUT2D eigenvalue weighted by molar-refractivity contribution is 0.482. The highest BCUT2D eigenvalue weighted by atomic mass is 32.1. The molecule has 0 spiro atoms. The predicted molar refractivity (Wildman–Crippen MR) is 140 cm³/mol. The van der Waals surface area contributed by atoms with Gasteiger partial charge in [0.05, 0.1) is 11.7 Å². The van der Waals surface area contributed by atoms with Crippen molar-refractivity contribution in [1.82, 2.24) is 14.9 Å². The van der Waals surface area contributed by atoms with Crippen LogP contribution in [0.1, 0.15) is 48.9 Å². The van der Waals surface area contributed by atoms with Crippen molar-refractivity contribution in [2.75, 3.05) is 4.90 Å². The third-order valence-electron chi connectivity index (χ3n) is 6.14. The van der Waals surface area contributed by atoms with Gasteiger partial charge in [-0.25, -0.2) is 0 Å². The largest absolute Gasteiger partial charge is 0.457 e. The molecule has 6 heteroatoms. The monoisotopic (exact) mass is 468 g/mol. The zero-order chi connectivity index (χ0) is 23.7. The maximum atomic E-state index is 6.04. The SMILES string of the molecule is Cc1ccc(Oc2ccc(N3C(=S)N[C@H](c4ccccn4)[C@H]3c3cccn3C(C)C)cc2)cc1. The van der Waals surface area contributed by atoms with Crippen molar-refractivity contribution in [3.8, 4) is 11.5 Å². The summed E-state index contributed by atoms with van der Waals surface area (Å²) < 4.78 is 8.34. The van der Waals surface area contributed by atoms with Crippen LogP contribution in [0.3, 0.4) is 0 Å². The van der Waals surface area contributed by atoms with Gasteiger partial charge in [0, 0.05) is 29.8 Å². The van der Waals surface area contributed by atoms with Gasteiger partial charge in [-0.3, -0.25) is 4.98 Å². The van der Waals surface area contributed by atoms with Crippen molar-refractivity contribution in [2.45, 2.75) is 38.9 Å². The Bertz CT molecular complexity index is 1270. The molecule has 0 aliphatic carbocycles. The molecule has 2 aromatic heterocycles. The van der Waals surface area contributed by atoms with Gasteiger partial charge in [0.1, 0.15) is 17.5 Å². The number of benzene rings is 2. The molecular formula is C28H28N4OS. The van der Waals surface area contributed by atoms with Crippen LogP contribution in [0.25, 0.3) is 0 Å². The molecule has 1 aliphatic rings. The number of nitrogens with zero attached hydrogens (tertiary/aromatic N) is 3. The molecule has 0 amide bonds. The van der Waals surface area contributed by atoms with E-state index in [-0.39, 0.29) is 12.1 Å². The van der Waals surface area contributed by atoms with Crippen LogP contribution in [-0.4, -0.2) is 14.7 Å². The van der Waals surface area contributed by atoms with Gasteiger partial charge in [-0.15, -0.1) is 0 Å². The van der Waals surface area contributed by atoms with E-state index in [2.05, 4.69) is 77.1 Å². The summed E-state index contributed by atoms with van der Waals surface area (Å²) in [6, 6.07) is 26.7. The second-order valence-corrected chi connectivity index (χ2v) is 9.23. The Hall–Kier alpha value is -3.64. The number of aryl methyl sites for hydroxylation is 1. The minimum atomic E-state index is -0.0652. The third-order valence-corrected chi connectivity index (χ3v) is 6.46. The summed E-state index contributed by atoms with van der Waals surface area (Å²) >= 11 is 5.86. The zero-order valence-electron chi connectivity index (χ0n) is 19.6. The van der Waals surface area contributed by atoms with Crippen molar-refractivity contribution >= 4 is 23.0 Å². The fourth-order valence-corrected chi connectivity index (χ4v) is 4.82. The van der Waals surface area contributed by atoms with E-state index in [0.29, 0.717) is 11.2 Å². The van der Waals surface area contributed by atoms with Crippen molar-refractivity contribution < 1.29 is 4.74 Å². The number of hydrogen-bond acceptors (Lipinski definition) is 3. The van der Waals surface area contributed by atoms with Gasteiger partial charge in [-0.2, -0.15) is 0 Å². The number of anilines is 1. The molecule has 2 aromatic carbocycles. The van der Waals surface area contributed by atoms with E-state index in [1.54, 1.807) is 0 Å². The molecular weight excluding hydrogens is 440 g/mol. The van der Waals surface area contributed by atoms with Gasteiger partial charge in [0.15, 0.2) is 5.11 Å². The van der Waals surface area contributed by atoms with Crippen LogP contribution in [0, 0.1) is 6.92 Å². The molecule has 0 bridgehead atoms. The van der Waals surface area contributed by atoms with Crippen LogP contribution in [-0.2, 0) is 0 Å². The van der Waals surface area contributed by atoms with E-state index in [4.69, 9.17) is 17.0 Å². The molecule has 172 valence electrons. The first-order chi connectivity index (χ1) is 16.5. The average molecular weight is 469 g/mol. The second kappa shape index (κ2) is 9.31. The van der Waals surface area contributed by atoms with Gasteiger partial charge < -0.3 is 19.5 Å². The number of pyridine rings is 1.